The van der Waals surface area contributed by atoms with E-state index in [0.29, 0.717) is 5.57 Å². The monoisotopic (exact) mass is 484 g/mol. The SMILES string of the molecule is C=C(C[C@](C)(N)C(=O)N[C@H](C(=O)OCC)C(C)C)C[C@](C)(N)C(=O)N[C@H](C(=O)OCC)C(C)C. The largest absolute Gasteiger partial charge is 0.464 e. The Morgan fingerprint density at radius 3 is 1.29 bits per heavy atom. The highest BCUT2D eigenvalue weighted by Crippen LogP contribution is 2.22. The van der Waals surface area contributed by atoms with Gasteiger partial charge in [-0.15, -0.1) is 0 Å². The van der Waals surface area contributed by atoms with Crippen LogP contribution in [0.15, 0.2) is 12.2 Å². The van der Waals surface area contributed by atoms with Gasteiger partial charge in [-0.25, -0.2) is 9.59 Å². The van der Waals surface area contributed by atoms with E-state index in [1.165, 1.54) is 13.8 Å². The number of esters is 2. The highest BCUT2D eigenvalue weighted by atomic mass is 16.5. The third-order valence-corrected chi connectivity index (χ3v) is 5.26. The van der Waals surface area contributed by atoms with Gasteiger partial charge in [0.1, 0.15) is 12.1 Å². The van der Waals surface area contributed by atoms with Crippen LogP contribution in [0.25, 0.3) is 0 Å². The van der Waals surface area contributed by atoms with Crippen LogP contribution in [0, 0.1) is 11.8 Å². The van der Waals surface area contributed by atoms with E-state index in [0.717, 1.165) is 0 Å². The molecule has 0 aromatic heterocycles. The molecule has 196 valence electrons. The first-order valence-corrected chi connectivity index (χ1v) is 11.7. The van der Waals surface area contributed by atoms with Crippen molar-refractivity contribution in [3.8, 4) is 0 Å². The van der Waals surface area contributed by atoms with Gasteiger partial charge in [-0.05, 0) is 52.4 Å². The van der Waals surface area contributed by atoms with Crippen LogP contribution in [0.1, 0.15) is 68.2 Å². The normalized spacial score (nSPS) is 16.6. The minimum absolute atomic E-state index is 0.0258. The van der Waals surface area contributed by atoms with Crippen molar-refractivity contribution in [2.45, 2.75) is 91.4 Å². The Morgan fingerprint density at radius 1 is 0.765 bits per heavy atom. The minimum atomic E-state index is -1.41. The van der Waals surface area contributed by atoms with E-state index >= 15 is 0 Å². The molecule has 0 saturated carbocycles. The Labute approximate surface area is 203 Å². The molecule has 6 N–H and O–H groups in total. The zero-order chi connectivity index (χ0) is 26.9. The lowest BCUT2D eigenvalue weighted by molar-refractivity contribution is -0.149. The van der Waals surface area contributed by atoms with Crippen molar-refractivity contribution in [3.63, 3.8) is 0 Å². The molecule has 0 aromatic carbocycles. The zero-order valence-electron chi connectivity index (χ0n) is 21.9. The second kappa shape index (κ2) is 13.4. The van der Waals surface area contributed by atoms with Crippen LogP contribution < -0.4 is 22.1 Å². The molecule has 4 atom stereocenters. The molecule has 0 rings (SSSR count). The summed E-state index contributed by atoms with van der Waals surface area (Å²) in [6.07, 6.45) is 0.0516. The maximum atomic E-state index is 12.8. The molecule has 0 radical (unpaired) electrons. The van der Waals surface area contributed by atoms with Crippen LogP contribution in [-0.4, -0.2) is 60.1 Å². The number of nitrogens with two attached hydrogens (primary N) is 2. The average Bonchev–Trinajstić information content (AvgIpc) is 2.68. The van der Waals surface area contributed by atoms with Gasteiger partial charge in [-0.3, -0.25) is 9.59 Å². The first-order chi connectivity index (χ1) is 15.5. The Hall–Kier alpha value is -2.46. The molecule has 0 fully saturated rings. The van der Waals surface area contributed by atoms with Gasteiger partial charge in [0.2, 0.25) is 11.8 Å². The van der Waals surface area contributed by atoms with Crippen molar-refractivity contribution >= 4 is 23.8 Å². The van der Waals surface area contributed by atoms with Crippen molar-refractivity contribution < 1.29 is 28.7 Å². The molecule has 0 aromatic rings. The summed E-state index contributed by atoms with van der Waals surface area (Å²) >= 11 is 0. The van der Waals surface area contributed by atoms with E-state index in [4.69, 9.17) is 20.9 Å². The second-order valence-electron chi connectivity index (χ2n) is 9.83. The summed E-state index contributed by atoms with van der Waals surface area (Å²) in [4.78, 5) is 50.0. The summed E-state index contributed by atoms with van der Waals surface area (Å²) in [5.74, 6) is -2.57. The third-order valence-electron chi connectivity index (χ3n) is 5.26. The van der Waals surface area contributed by atoms with E-state index in [2.05, 4.69) is 17.2 Å². The van der Waals surface area contributed by atoms with E-state index in [9.17, 15) is 19.2 Å². The minimum Gasteiger partial charge on any atom is -0.464 e. The lowest BCUT2D eigenvalue weighted by Crippen LogP contribution is -2.59. The lowest BCUT2D eigenvalue weighted by atomic mass is 9.85. The van der Waals surface area contributed by atoms with Gasteiger partial charge in [0.05, 0.1) is 24.3 Å². The molecule has 0 aliphatic heterocycles. The van der Waals surface area contributed by atoms with Crippen LogP contribution >= 0.6 is 0 Å². The molecule has 34 heavy (non-hydrogen) atoms. The molecule has 0 saturated heterocycles. The van der Waals surface area contributed by atoms with E-state index in [-0.39, 0.29) is 37.9 Å². The molecule has 0 heterocycles. The second-order valence-corrected chi connectivity index (χ2v) is 9.83. The fraction of sp³-hybridized carbons (Fsp3) is 0.750. The smallest absolute Gasteiger partial charge is 0.328 e. The van der Waals surface area contributed by atoms with Gasteiger partial charge in [-0.2, -0.15) is 0 Å². The lowest BCUT2D eigenvalue weighted by Gasteiger charge is -2.31. The number of nitrogens with one attached hydrogen (secondary N) is 2. The van der Waals surface area contributed by atoms with Crippen molar-refractivity contribution in [2.75, 3.05) is 13.2 Å². The molecule has 0 bridgehead atoms. The number of carbonyl (C=O) groups excluding carboxylic acids is 4. The summed E-state index contributed by atoms with van der Waals surface area (Å²) in [6, 6.07) is -1.69. The van der Waals surface area contributed by atoms with Crippen LogP contribution in [0.4, 0.5) is 0 Å². The molecule has 0 spiro atoms. The van der Waals surface area contributed by atoms with Gasteiger partial charge in [0.15, 0.2) is 0 Å². The maximum absolute atomic E-state index is 12.8. The Morgan fingerprint density at radius 2 is 1.06 bits per heavy atom. The van der Waals surface area contributed by atoms with Gasteiger partial charge in [0, 0.05) is 0 Å². The summed E-state index contributed by atoms with van der Waals surface area (Å²) < 4.78 is 10.1. The summed E-state index contributed by atoms with van der Waals surface area (Å²) in [6.45, 7) is 17.9. The van der Waals surface area contributed by atoms with Crippen molar-refractivity contribution in [2.24, 2.45) is 23.3 Å². The number of hydrogen-bond donors (Lipinski definition) is 4. The summed E-state index contributed by atoms with van der Waals surface area (Å²) in [5.41, 5.74) is 10.1. The van der Waals surface area contributed by atoms with Gasteiger partial charge in [0.25, 0.3) is 0 Å². The van der Waals surface area contributed by atoms with Crippen LogP contribution in [-0.2, 0) is 28.7 Å². The average molecular weight is 485 g/mol. The fourth-order valence-electron chi connectivity index (χ4n) is 3.33. The summed E-state index contributed by atoms with van der Waals surface area (Å²) in [5, 5.41) is 5.31. The van der Waals surface area contributed by atoms with Gasteiger partial charge < -0.3 is 31.6 Å². The Balaban J connectivity index is 5.25. The highest BCUT2D eigenvalue weighted by molar-refractivity contribution is 5.91. The van der Waals surface area contributed by atoms with Crippen molar-refractivity contribution in [3.05, 3.63) is 12.2 Å². The molecule has 10 nitrogen and oxygen atoms in total. The molecule has 0 aliphatic rings. The Kier molecular flexibility index (Phi) is 12.5. The molecular formula is C24H44N4O6. The third kappa shape index (κ3) is 9.80. The van der Waals surface area contributed by atoms with Crippen molar-refractivity contribution in [1.29, 1.82) is 0 Å². The molecule has 2 amide bonds. The van der Waals surface area contributed by atoms with Crippen LogP contribution in [0.2, 0.25) is 0 Å². The predicted octanol–water partition coefficient (Wildman–Crippen LogP) is 1.17. The topological polar surface area (TPSA) is 163 Å². The molecule has 0 aliphatic carbocycles. The highest BCUT2D eigenvalue weighted by Gasteiger charge is 2.38. The summed E-state index contributed by atoms with van der Waals surface area (Å²) in [7, 11) is 0. The van der Waals surface area contributed by atoms with E-state index in [1.54, 1.807) is 41.5 Å². The zero-order valence-corrected chi connectivity index (χ0v) is 21.9. The van der Waals surface area contributed by atoms with Gasteiger partial charge >= 0.3 is 11.9 Å². The number of hydrogen-bond acceptors (Lipinski definition) is 8. The van der Waals surface area contributed by atoms with Crippen LogP contribution in [0.5, 0.6) is 0 Å². The number of carbonyl (C=O) groups is 4. The quantitative estimate of drug-likeness (QED) is 0.211. The molecule has 0 unspecified atom stereocenters. The van der Waals surface area contributed by atoms with Gasteiger partial charge in [-0.1, -0.05) is 39.8 Å². The molecule has 10 heteroatoms. The van der Waals surface area contributed by atoms with E-state index < -0.39 is 46.9 Å². The first kappa shape index (κ1) is 31.5. The maximum Gasteiger partial charge on any atom is 0.328 e. The standard InChI is InChI=1S/C24H44N4O6/c1-10-33-19(29)17(14(3)4)27-21(31)23(8,25)12-16(7)13-24(9,26)22(32)28-18(15(5)6)20(30)34-11-2/h14-15,17-18H,7,10-13,25-26H2,1-6,8-9H3,(H,27,31)(H,28,32)/t17-,18-,23-,24-/m0/s1. The predicted molar refractivity (Wildman–Crippen MR) is 130 cm³/mol. The number of rotatable bonds is 14. The fourth-order valence-corrected chi connectivity index (χ4v) is 3.33. The Bertz CT molecular complexity index is 686. The number of amides is 2. The van der Waals surface area contributed by atoms with Crippen LogP contribution in [0.3, 0.4) is 0 Å². The number of ether oxygens (including phenoxy) is 2. The first-order valence-electron chi connectivity index (χ1n) is 11.7. The molecular weight excluding hydrogens is 440 g/mol. The van der Waals surface area contributed by atoms with Crippen molar-refractivity contribution in [1.82, 2.24) is 10.6 Å². The van der Waals surface area contributed by atoms with E-state index in [1.807, 2.05) is 0 Å².